The van der Waals surface area contributed by atoms with Crippen LogP contribution in [0.3, 0.4) is 0 Å². The predicted molar refractivity (Wildman–Crippen MR) is 81.3 cm³/mol. The molecule has 0 atom stereocenters. The van der Waals surface area contributed by atoms with Gasteiger partial charge in [0.2, 0.25) is 5.91 Å². The molecule has 1 aliphatic heterocycles. The van der Waals surface area contributed by atoms with Crippen LogP contribution in [-0.2, 0) is 4.79 Å². The van der Waals surface area contributed by atoms with Crippen LogP contribution in [-0.4, -0.2) is 37.0 Å². The van der Waals surface area contributed by atoms with Crippen molar-refractivity contribution in [2.75, 3.05) is 26.2 Å². The third kappa shape index (κ3) is 8.25. The molecule has 1 heterocycles. The zero-order chi connectivity index (χ0) is 13.8. The molecule has 1 aliphatic rings. The van der Waals surface area contributed by atoms with Gasteiger partial charge in [0.25, 0.3) is 0 Å². The van der Waals surface area contributed by atoms with Crippen LogP contribution in [0.15, 0.2) is 0 Å². The van der Waals surface area contributed by atoms with Crippen LogP contribution in [0, 0.1) is 0 Å². The van der Waals surface area contributed by atoms with Crippen molar-refractivity contribution in [1.29, 1.82) is 0 Å². The summed E-state index contributed by atoms with van der Waals surface area (Å²) in [6.07, 6.45) is 13.1. The predicted octanol–water partition coefficient (Wildman–Crippen LogP) is 3.34. The summed E-state index contributed by atoms with van der Waals surface area (Å²) >= 11 is 0. The molecule has 1 amide bonds. The molecule has 0 saturated carbocycles. The van der Waals surface area contributed by atoms with Gasteiger partial charge in [-0.25, -0.2) is 0 Å². The molecule has 1 fully saturated rings. The number of likely N-dealkylation sites (tertiary alicyclic amines) is 1. The number of hydrogen-bond acceptors (Lipinski definition) is 2. The largest absolute Gasteiger partial charge is 0.342 e. The Bertz CT molecular complexity index is 225. The first kappa shape index (κ1) is 16.5. The van der Waals surface area contributed by atoms with Gasteiger partial charge in [0, 0.05) is 13.1 Å². The van der Waals surface area contributed by atoms with Crippen molar-refractivity contribution in [3.05, 3.63) is 0 Å². The molecular formula is C16H32N2O. The third-order valence-corrected chi connectivity index (χ3v) is 3.94. The maximum atomic E-state index is 11.7. The van der Waals surface area contributed by atoms with Gasteiger partial charge in [-0.15, -0.1) is 0 Å². The van der Waals surface area contributed by atoms with E-state index < -0.39 is 0 Å². The molecule has 3 heteroatoms. The molecule has 0 unspecified atom stereocenters. The quantitative estimate of drug-likeness (QED) is 0.583. The third-order valence-electron chi connectivity index (χ3n) is 3.94. The van der Waals surface area contributed by atoms with Crippen LogP contribution in [0.2, 0.25) is 0 Å². The molecule has 0 bridgehead atoms. The minimum atomic E-state index is 0.289. The number of amides is 1. The van der Waals surface area contributed by atoms with Gasteiger partial charge >= 0.3 is 0 Å². The minimum Gasteiger partial charge on any atom is -0.342 e. The van der Waals surface area contributed by atoms with Crippen molar-refractivity contribution >= 4 is 5.91 Å². The van der Waals surface area contributed by atoms with Gasteiger partial charge in [-0.1, -0.05) is 51.9 Å². The van der Waals surface area contributed by atoms with Crippen molar-refractivity contribution in [1.82, 2.24) is 10.2 Å². The summed E-state index contributed by atoms with van der Waals surface area (Å²) in [7, 11) is 0. The van der Waals surface area contributed by atoms with Crippen LogP contribution in [0.4, 0.5) is 0 Å². The summed E-state index contributed by atoms with van der Waals surface area (Å²) in [6.45, 7) is 5.73. The number of unbranched alkanes of at least 4 members (excludes halogenated alkanes) is 7. The van der Waals surface area contributed by atoms with Crippen molar-refractivity contribution < 1.29 is 4.79 Å². The highest BCUT2D eigenvalue weighted by Crippen LogP contribution is 2.08. The minimum absolute atomic E-state index is 0.289. The molecule has 112 valence electrons. The van der Waals surface area contributed by atoms with Crippen molar-refractivity contribution in [2.24, 2.45) is 0 Å². The van der Waals surface area contributed by atoms with Crippen LogP contribution < -0.4 is 5.32 Å². The topological polar surface area (TPSA) is 32.3 Å². The monoisotopic (exact) mass is 268 g/mol. The molecule has 0 spiro atoms. The van der Waals surface area contributed by atoms with Gasteiger partial charge in [0.15, 0.2) is 0 Å². The van der Waals surface area contributed by atoms with Crippen LogP contribution in [0.25, 0.3) is 0 Å². The summed E-state index contributed by atoms with van der Waals surface area (Å²) in [5.41, 5.74) is 0. The van der Waals surface area contributed by atoms with Gasteiger partial charge in [0.05, 0.1) is 6.54 Å². The molecule has 1 saturated heterocycles. The average Bonchev–Trinajstić information content (AvgIpc) is 2.95. The molecule has 0 aromatic rings. The lowest BCUT2D eigenvalue weighted by Crippen LogP contribution is -2.36. The Hall–Kier alpha value is -0.570. The lowest BCUT2D eigenvalue weighted by Gasteiger charge is -2.15. The fourth-order valence-corrected chi connectivity index (χ4v) is 2.66. The zero-order valence-electron chi connectivity index (χ0n) is 12.8. The molecule has 1 N–H and O–H groups in total. The van der Waals surface area contributed by atoms with Crippen LogP contribution in [0.1, 0.15) is 71.1 Å². The SMILES string of the molecule is CCCCCCCCCCNCC(=O)N1CCCC1. The second-order valence-corrected chi connectivity index (χ2v) is 5.74. The first-order chi connectivity index (χ1) is 9.34. The summed E-state index contributed by atoms with van der Waals surface area (Å²) in [5.74, 6) is 0.289. The van der Waals surface area contributed by atoms with E-state index in [0.717, 1.165) is 19.6 Å². The van der Waals surface area contributed by atoms with Gasteiger partial charge in [0.1, 0.15) is 0 Å². The number of carbonyl (C=O) groups excluding carboxylic acids is 1. The summed E-state index contributed by atoms with van der Waals surface area (Å²) in [6, 6.07) is 0. The van der Waals surface area contributed by atoms with E-state index in [1.807, 2.05) is 4.90 Å². The van der Waals surface area contributed by atoms with Gasteiger partial charge in [-0.2, -0.15) is 0 Å². The van der Waals surface area contributed by atoms with Crippen LogP contribution >= 0.6 is 0 Å². The highest BCUT2D eigenvalue weighted by atomic mass is 16.2. The van der Waals surface area contributed by atoms with Gasteiger partial charge in [-0.3, -0.25) is 4.79 Å². The molecule has 3 nitrogen and oxygen atoms in total. The summed E-state index contributed by atoms with van der Waals surface area (Å²) in [4.78, 5) is 13.7. The number of hydrogen-bond donors (Lipinski definition) is 1. The first-order valence-corrected chi connectivity index (χ1v) is 8.33. The van der Waals surface area contributed by atoms with E-state index in [0.29, 0.717) is 6.54 Å². The smallest absolute Gasteiger partial charge is 0.236 e. The number of carbonyl (C=O) groups is 1. The molecule has 0 aromatic carbocycles. The van der Waals surface area contributed by atoms with Gasteiger partial charge in [-0.05, 0) is 25.8 Å². The van der Waals surface area contributed by atoms with Gasteiger partial charge < -0.3 is 10.2 Å². The van der Waals surface area contributed by atoms with E-state index in [2.05, 4.69) is 12.2 Å². The molecule has 0 aliphatic carbocycles. The second kappa shape index (κ2) is 11.3. The normalized spacial score (nSPS) is 15.1. The molecule has 0 radical (unpaired) electrons. The zero-order valence-corrected chi connectivity index (χ0v) is 12.8. The van der Waals surface area contributed by atoms with E-state index >= 15 is 0 Å². The highest BCUT2D eigenvalue weighted by Gasteiger charge is 2.16. The Morgan fingerprint density at radius 2 is 1.53 bits per heavy atom. The van der Waals surface area contributed by atoms with E-state index in [1.54, 1.807) is 0 Å². The molecule has 0 aromatic heterocycles. The Labute approximate surface area is 119 Å². The molecule has 19 heavy (non-hydrogen) atoms. The average molecular weight is 268 g/mol. The standard InChI is InChI=1S/C16H32N2O/c1-2-3-4-5-6-7-8-9-12-17-15-16(19)18-13-10-11-14-18/h17H,2-15H2,1H3. The first-order valence-electron chi connectivity index (χ1n) is 8.33. The summed E-state index contributed by atoms with van der Waals surface area (Å²) in [5, 5.41) is 3.28. The lowest BCUT2D eigenvalue weighted by molar-refractivity contribution is -0.129. The van der Waals surface area contributed by atoms with E-state index in [-0.39, 0.29) is 5.91 Å². The fraction of sp³-hybridized carbons (Fsp3) is 0.938. The van der Waals surface area contributed by atoms with E-state index in [1.165, 1.54) is 64.2 Å². The van der Waals surface area contributed by atoms with E-state index in [4.69, 9.17) is 0 Å². The van der Waals surface area contributed by atoms with E-state index in [9.17, 15) is 4.79 Å². The fourth-order valence-electron chi connectivity index (χ4n) is 2.66. The highest BCUT2D eigenvalue weighted by molar-refractivity contribution is 5.78. The Kier molecular flexibility index (Phi) is 9.78. The maximum absolute atomic E-state index is 11.7. The summed E-state index contributed by atoms with van der Waals surface area (Å²) < 4.78 is 0. The van der Waals surface area contributed by atoms with Crippen LogP contribution in [0.5, 0.6) is 0 Å². The molecular weight excluding hydrogens is 236 g/mol. The Balaban J connectivity index is 1.79. The van der Waals surface area contributed by atoms with Crippen molar-refractivity contribution in [2.45, 2.75) is 71.1 Å². The number of nitrogens with one attached hydrogen (secondary N) is 1. The molecule has 1 rings (SSSR count). The Morgan fingerprint density at radius 1 is 0.947 bits per heavy atom. The van der Waals surface area contributed by atoms with Crippen molar-refractivity contribution in [3.8, 4) is 0 Å². The maximum Gasteiger partial charge on any atom is 0.236 e. The lowest BCUT2D eigenvalue weighted by atomic mass is 10.1. The number of rotatable bonds is 11. The Morgan fingerprint density at radius 3 is 2.16 bits per heavy atom. The number of nitrogens with zero attached hydrogens (tertiary/aromatic N) is 1. The second-order valence-electron chi connectivity index (χ2n) is 5.74. The van der Waals surface area contributed by atoms with Crippen molar-refractivity contribution in [3.63, 3.8) is 0 Å².